The number of amides is 1. The molecule has 1 atom stereocenters. The second-order valence-electron chi connectivity index (χ2n) is 10.2. The molecule has 3 aromatic carbocycles. The van der Waals surface area contributed by atoms with Gasteiger partial charge in [0, 0.05) is 50.8 Å². The van der Waals surface area contributed by atoms with E-state index in [0.717, 1.165) is 56.1 Å². The summed E-state index contributed by atoms with van der Waals surface area (Å²) in [6.07, 6.45) is 4.49. The molecule has 40 heavy (non-hydrogen) atoms. The number of hydrazine groups is 1. The number of piperazine rings is 1. The highest BCUT2D eigenvalue weighted by atomic mass is 16.3. The molecule has 6 rings (SSSR count). The highest BCUT2D eigenvalue weighted by Crippen LogP contribution is 2.31. The number of pyridine rings is 1. The van der Waals surface area contributed by atoms with Gasteiger partial charge in [-0.2, -0.15) is 0 Å². The summed E-state index contributed by atoms with van der Waals surface area (Å²) in [7, 11) is 0. The summed E-state index contributed by atoms with van der Waals surface area (Å²) in [6.45, 7) is 5.61. The van der Waals surface area contributed by atoms with E-state index >= 15 is 0 Å². The average Bonchev–Trinajstić information content (AvgIpc) is 3.02. The molecule has 1 fully saturated rings. The molecule has 8 heteroatoms. The molecular weight excluding hydrogens is 500 g/mol. The van der Waals surface area contributed by atoms with Crippen LogP contribution in [0.4, 0.5) is 11.4 Å². The predicted octanol–water partition coefficient (Wildman–Crippen LogP) is 4.63. The van der Waals surface area contributed by atoms with E-state index in [4.69, 9.17) is 4.99 Å². The molecular formula is C32H32N6O2. The number of aromatic nitrogens is 1. The molecule has 0 aliphatic carbocycles. The quantitative estimate of drug-likeness (QED) is 0.361. The zero-order chi connectivity index (χ0) is 27.3. The van der Waals surface area contributed by atoms with Crippen molar-refractivity contribution in [2.24, 2.45) is 4.99 Å². The van der Waals surface area contributed by atoms with Crippen LogP contribution in [0, 0.1) is 0 Å². The molecule has 0 radical (unpaired) electrons. The third-order valence-corrected chi connectivity index (χ3v) is 7.43. The first kappa shape index (κ1) is 25.9. The molecule has 0 spiro atoms. The third-order valence-electron chi connectivity index (χ3n) is 7.43. The number of aliphatic hydroxyl groups excluding tert-OH is 1. The van der Waals surface area contributed by atoms with Crippen molar-refractivity contribution in [1.29, 1.82) is 0 Å². The first-order valence-corrected chi connectivity index (χ1v) is 13.6. The first-order chi connectivity index (χ1) is 19.6. The van der Waals surface area contributed by atoms with Gasteiger partial charge in [0.1, 0.15) is 6.34 Å². The summed E-state index contributed by atoms with van der Waals surface area (Å²) < 4.78 is 0. The summed E-state index contributed by atoms with van der Waals surface area (Å²) in [4.78, 5) is 23.9. The summed E-state index contributed by atoms with van der Waals surface area (Å²) in [5, 5.41) is 17.8. The number of fused-ring (bicyclic) bond motifs is 1. The lowest BCUT2D eigenvalue weighted by molar-refractivity contribution is -0.124. The second-order valence-corrected chi connectivity index (χ2v) is 10.2. The van der Waals surface area contributed by atoms with Crippen LogP contribution in [0.15, 0.2) is 102 Å². The van der Waals surface area contributed by atoms with Crippen molar-refractivity contribution < 1.29 is 9.90 Å². The Morgan fingerprint density at radius 2 is 1.68 bits per heavy atom. The number of benzene rings is 3. The van der Waals surface area contributed by atoms with Crippen LogP contribution in [-0.4, -0.2) is 63.4 Å². The van der Waals surface area contributed by atoms with E-state index in [-0.39, 0.29) is 0 Å². The number of carbonyl (C=O) groups excluding carboxylic acids is 1. The van der Waals surface area contributed by atoms with E-state index in [1.165, 1.54) is 11.1 Å². The molecule has 3 heterocycles. The molecule has 1 amide bonds. The number of aliphatic imine (C=N–C) groups is 1. The summed E-state index contributed by atoms with van der Waals surface area (Å²) in [5.74, 6) is -0.455. The Labute approximate surface area is 234 Å². The topological polar surface area (TPSA) is 84.3 Å². The SMILES string of the molecule is O=C(Nc1ccc(-c2ccc3c(c2)CN(N2CCN(Cc4cccnc4)CC2)C=N3)cc1)C(O)c1ccccc1. The van der Waals surface area contributed by atoms with Crippen LogP contribution in [0.3, 0.4) is 0 Å². The van der Waals surface area contributed by atoms with Crippen molar-refractivity contribution in [3.63, 3.8) is 0 Å². The van der Waals surface area contributed by atoms with Crippen molar-refractivity contribution in [3.05, 3.63) is 114 Å². The molecule has 0 bridgehead atoms. The van der Waals surface area contributed by atoms with Crippen molar-refractivity contribution in [2.75, 3.05) is 31.5 Å². The van der Waals surface area contributed by atoms with Gasteiger partial charge in [-0.15, -0.1) is 0 Å². The largest absolute Gasteiger partial charge is 0.378 e. The number of hydrogen-bond donors (Lipinski definition) is 2. The lowest BCUT2D eigenvalue weighted by atomic mass is 10.0. The Kier molecular flexibility index (Phi) is 7.63. The van der Waals surface area contributed by atoms with E-state index in [2.05, 4.69) is 49.5 Å². The smallest absolute Gasteiger partial charge is 0.257 e. The summed E-state index contributed by atoms with van der Waals surface area (Å²) in [5.41, 5.74) is 6.77. The van der Waals surface area contributed by atoms with E-state index in [0.29, 0.717) is 11.3 Å². The fourth-order valence-electron chi connectivity index (χ4n) is 5.18. The minimum atomic E-state index is -1.21. The molecule has 8 nitrogen and oxygen atoms in total. The minimum absolute atomic E-state index is 0.455. The highest BCUT2D eigenvalue weighted by Gasteiger charge is 2.24. The summed E-state index contributed by atoms with van der Waals surface area (Å²) >= 11 is 0. The van der Waals surface area contributed by atoms with Crippen molar-refractivity contribution >= 4 is 23.6 Å². The van der Waals surface area contributed by atoms with Crippen LogP contribution < -0.4 is 5.32 Å². The van der Waals surface area contributed by atoms with Gasteiger partial charge in [-0.1, -0.05) is 54.6 Å². The lowest BCUT2D eigenvalue weighted by Crippen LogP contribution is -2.53. The normalized spacial score (nSPS) is 16.4. The molecule has 2 N–H and O–H groups in total. The maximum absolute atomic E-state index is 12.5. The maximum atomic E-state index is 12.5. The van der Waals surface area contributed by atoms with Gasteiger partial charge in [0.2, 0.25) is 0 Å². The molecule has 202 valence electrons. The molecule has 2 aliphatic heterocycles. The Bertz CT molecular complexity index is 1470. The number of carbonyl (C=O) groups is 1. The van der Waals surface area contributed by atoms with Crippen LogP contribution in [-0.2, 0) is 17.9 Å². The Balaban J connectivity index is 1.06. The number of hydrogen-bond acceptors (Lipinski definition) is 7. The van der Waals surface area contributed by atoms with Gasteiger partial charge >= 0.3 is 0 Å². The standard InChI is InChI=1S/C32H32N6O2/c39-31(26-6-2-1-3-7-26)32(40)35-29-11-8-25(9-12-29)27-10-13-30-28(19-27)22-38(23-34-30)37-17-15-36(16-18-37)21-24-5-4-14-33-20-24/h1-14,19-20,23,31,39H,15-18,21-22H2,(H,35,40). The minimum Gasteiger partial charge on any atom is -0.378 e. The number of aliphatic hydroxyl groups is 1. The van der Waals surface area contributed by atoms with Gasteiger partial charge < -0.3 is 10.4 Å². The zero-order valence-corrected chi connectivity index (χ0v) is 22.2. The van der Waals surface area contributed by atoms with E-state index in [1.807, 2.05) is 55.1 Å². The van der Waals surface area contributed by atoms with Crippen LogP contribution in [0.2, 0.25) is 0 Å². The molecule has 0 saturated carbocycles. The first-order valence-electron chi connectivity index (χ1n) is 13.6. The van der Waals surface area contributed by atoms with Gasteiger partial charge in [0.05, 0.1) is 12.2 Å². The Morgan fingerprint density at radius 1 is 0.900 bits per heavy atom. The van der Waals surface area contributed by atoms with Crippen LogP contribution in [0.1, 0.15) is 22.8 Å². The number of nitrogens with zero attached hydrogens (tertiary/aromatic N) is 5. The van der Waals surface area contributed by atoms with Crippen molar-refractivity contribution in [2.45, 2.75) is 19.2 Å². The van der Waals surface area contributed by atoms with Crippen LogP contribution in [0.5, 0.6) is 0 Å². The monoisotopic (exact) mass is 532 g/mol. The number of anilines is 1. The third kappa shape index (κ3) is 5.94. The Morgan fingerprint density at radius 3 is 2.42 bits per heavy atom. The molecule has 2 aliphatic rings. The van der Waals surface area contributed by atoms with Crippen molar-refractivity contribution in [1.82, 2.24) is 19.9 Å². The second kappa shape index (κ2) is 11.8. The van der Waals surface area contributed by atoms with Crippen molar-refractivity contribution in [3.8, 4) is 11.1 Å². The zero-order valence-electron chi connectivity index (χ0n) is 22.2. The molecule has 1 unspecified atom stereocenters. The molecule has 1 saturated heterocycles. The van der Waals surface area contributed by atoms with Gasteiger partial charge in [0.15, 0.2) is 6.10 Å². The van der Waals surface area contributed by atoms with Crippen LogP contribution in [0.25, 0.3) is 11.1 Å². The van der Waals surface area contributed by atoms with E-state index in [9.17, 15) is 9.90 Å². The van der Waals surface area contributed by atoms with Gasteiger partial charge in [-0.05, 0) is 58.1 Å². The highest BCUT2D eigenvalue weighted by molar-refractivity contribution is 5.94. The molecule has 4 aromatic rings. The predicted molar refractivity (Wildman–Crippen MR) is 157 cm³/mol. The Hall–Kier alpha value is -4.37. The number of rotatable bonds is 7. The van der Waals surface area contributed by atoms with E-state index < -0.39 is 12.0 Å². The maximum Gasteiger partial charge on any atom is 0.257 e. The fraction of sp³-hybridized carbons (Fsp3) is 0.219. The molecule has 1 aromatic heterocycles. The van der Waals surface area contributed by atoms with Gasteiger partial charge in [-0.25, -0.2) is 10.0 Å². The lowest BCUT2D eigenvalue weighted by Gasteiger charge is -2.41. The average molecular weight is 533 g/mol. The fourth-order valence-corrected chi connectivity index (χ4v) is 5.18. The number of nitrogens with one attached hydrogen (secondary N) is 1. The van der Waals surface area contributed by atoms with E-state index in [1.54, 1.807) is 24.3 Å². The summed E-state index contributed by atoms with van der Waals surface area (Å²) in [6, 6.07) is 27.1. The van der Waals surface area contributed by atoms with Crippen LogP contribution >= 0.6 is 0 Å². The van der Waals surface area contributed by atoms with Gasteiger partial charge in [0.25, 0.3) is 5.91 Å². The van der Waals surface area contributed by atoms with Gasteiger partial charge in [-0.3, -0.25) is 19.7 Å².